The number of amides is 5. The Morgan fingerprint density at radius 2 is 1.73 bits per heavy atom. The van der Waals surface area contributed by atoms with Gasteiger partial charge in [0.1, 0.15) is 12.1 Å². The molecule has 2 aliphatic carbocycles. The monoisotopic (exact) mass is 543 g/mol. The van der Waals surface area contributed by atoms with Crippen molar-refractivity contribution in [1.29, 1.82) is 0 Å². The van der Waals surface area contributed by atoms with Crippen LogP contribution in [0.5, 0.6) is 0 Å². The Morgan fingerprint density at radius 1 is 1.05 bits per heavy atom. The third kappa shape index (κ3) is 6.26. The Kier molecular flexibility index (Phi) is 2.81. The van der Waals surface area contributed by atoms with Crippen LogP contribution in [0.25, 0.3) is 0 Å². The lowest BCUT2D eigenvalue weighted by Gasteiger charge is -2.38. The molecule has 2 saturated carbocycles. The number of rotatable bonds is 8. The quantitative estimate of drug-likeness (QED) is 0.344. The van der Waals surface area contributed by atoms with E-state index in [9.17, 15) is 24.0 Å². The molecule has 5 atom stereocenters. The van der Waals surface area contributed by atoms with Crippen LogP contribution in [0.4, 0.5) is 4.79 Å². The van der Waals surface area contributed by atoms with Gasteiger partial charge in [0.25, 0.3) is 5.91 Å². The molecule has 5 N–H and O–H groups in total. The second kappa shape index (κ2) is 9.91. The van der Waals surface area contributed by atoms with E-state index in [0.29, 0.717) is 19.3 Å². The maximum absolute atomic E-state index is 15.0. The predicted molar refractivity (Wildman–Crippen MR) is 139 cm³/mol. The molecule has 3 rings (SSSR count). The summed E-state index contributed by atoms with van der Waals surface area (Å²) < 4.78 is 194. The number of carbonyl (C=O) groups excluding carboxylic acids is 5. The van der Waals surface area contributed by atoms with E-state index in [0.717, 1.165) is 0 Å². The summed E-state index contributed by atoms with van der Waals surface area (Å²) in [6.45, 7) is -34.2. The van der Waals surface area contributed by atoms with E-state index in [1.165, 1.54) is 10.6 Å². The number of piperidine rings is 1. The summed E-state index contributed by atoms with van der Waals surface area (Å²) in [4.78, 5) is 68.3. The third-order valence-electron chi connectivity index (χ3n) is 6.98. The average molecular weight is 544 g/mol. The second-order valence-corrected chi connectivity index (χ2v) is 9.85. The van der Waals surface area contributed by atoms with Crippen molar-refractivity contribution >= 4 is 29.5 Å². The molecule has 0 spiro atoms. The SMILES string of the molecule is [2H]C([2H])([2H])C1(C([2H])([2H])[2H])[C@@H]2[C@@H](C(=O)N[C@@H](CC3CCC3)C(=O)C(N)=O)N(C(=O)[C@@H](NC(=O)NC(C([2H])([2H])[2H])(C([2H])([2H])[2H])C([2H])([2H])[2H])C(C([2H])([2H])[2H])(C([2H])([2H])[2H])C([2H])([2H])[2H])C[C@@H]21. The molecule has 1 saturated heterocycles. The number of likely N-dealkylation sites (tertiary alicyclic amines) is 1. The Bertz CT molecular complexity index is 1650. The minimum atomic E-state index is -4.54. The van der Waals surface area contributed by atoms with Crippen LogP contribution in [0.1, 0.15) is 113 Å². The van der Waals surface area contributed by atoms with E-state index in [-0.39, 0.29) is 17.2 Å². The Hall–Kier alpha value is -2.65. The number of nitrogens with two attached hydrogens (primary N) is 1. The minimum Gasteiger partial charge on any atom is -0.363 e. The lowest BCUT2D eigenvalue weighted by Crippen LogP contribution is -2.62. The summed E-state index contributed by atoms with van der Waals surface area (Å²) in [5, 5.41) is 4.68. The van der Waals surface area contributed by atoms with Gasteiger partial charge in [0.05, 0.1) is 6.04 Å². The molecule has 10 heteroatoms. The molecule has 10 nitrogen and oxygen atoms in total. The van der Waals surface area contributed by atoms with Crippen molar-refractivity contribution in [3.8, 4) is 0 Å². The van der Waals surface area contributed by atoms with Crippen molar-refractivity contribution in [2.45, 2.75) is 104 Å². The van der Waals surface area contributed by atoms with E-state index in [1.54, 1.807) is 0 Å². The van der Waals surface area contributed by atoms with Gasteiger partial charge in [-0.05, 0) is 55.6 Å². The molecule has 3 aliphatic rings. The number of nitrogens with one attached hydrogen (secondary N) is 3. The van der Waals surface area contributed by atoms with E-state index in [4.69, 9.17) is 38.6 Å². The number of ketones is 1. The fourth-order valence-corrected chi connectivity index (χ4v) is 4.85. The highest BCUT2D eigenvalue weighted by Crippen LogP contribution is 2.65. The highest BCUT2D eigenvalue weighted by atomic mass is 16.2. The summed E-state index contributed by atoms with van der Waals surface area (Å²) in [6, 6.07) is -10.3. The first kappa shape index (κ1) is 10.5. The molecule has 0 aromatic carbocycles. The molecule has 0 bridgehead atoms. The average Bonchev–Trinajstić information content (AvgIpc) is 3.50. The zero-order chi connectivity index (χ0) is 48.1. The topological polar surface area (TPSA) is 151 Å². The fraction of sp³-hybridized carbons (Fsp3) is 0.815. The van der Waals surface area contributed by atoms with Crippen molar-refractivity contribution in [2.75, 3.05) is 6.54 Å². The molecule has 1 heterocycles. The fourth-order valence-electron chi connectivity index (χ4n) is 4.85. The van der Waals surface area contributed by atoms with Crippen LogP contribution in [0.15, 0.2) is 0 Å². The Morgan fingerprint density at radius 3 is 2.24 bits per heavy atom. The molecule has 5 amide bonds. The summed E-state index contributed by atoms with van der Waals surface area (Å²) in [6.07, 6.45) is 1.43. The van der Waals surface area contributed by atoms with Gasteiger partial charge >= 0.3 is 6.03 Å². The molecule has 1 aliphatic heterocycles. The summed E-state index contributed by atoms with van der Waals surface area (Å²) in [7, 11) is 0. The molecule has 3 fully saturated rings. The van der Waals surface area contributed by atoms with Gasteiger partial charge in [-0.3, -0.25) is 19.2 Å². The van der Waals surface area contributed by atoms with Gasteiger partial charge in [-0.25, -0.2) is 4.79 Å². The smallest absolute Gasteiger partial charge is 0.315 e. The molecule has 0 unspecified atom stereocenters. The van der Waals surface area contributed by atoms with E-state index in [1.807, 2.05) is 0 Å². The van der Waals surface area contributed by atoms with Crippen molar-refractivity contribution in [1.82, 2.24) is 20.9 Å². The van der Waals surface area contributed by atoms with Gasteiger partial charge in [-0.1, -0.05) is 53.5 Å². The van der Waals surface area contributed by atoms with Gasteiger partial charge in [-0.2, -0.15) is 0 Å². The van der Waals surface area contributed by atoms with E-state index in [2.05, 4.69) is 5.32 Å². The number of urea groups is 1. The number of hydrogen-bond donors (Lipinski definition) is 4. The first-order valence-electron chi connectivity index (χ1n) is 23.4. The summed E-state index contributed by atoms with van der Waals surface area (Å²) in [5.74, 6) is -10.8. The number of carbonyl (C=O) groups is 5. The van der Waals surface area contributed by atoms with Crippen LogP contribution in [0, 0.1) is 28.6 Å². The molecule has 37 heavy (non-hydrogen) atoms. The van der Waals surface area contributed by atoms with Crippen LogP contribution in [-0.2, 0) is 19.2 Å². The minimum absolute atomic E-state index is 0.156. The van der Waals surface area contributed by atoms with Crippen molar-refractivity contribution in [2.24, 2.45) is 34.3 Å². The van der Waals surface area contributed by atoms with Crippen molar-refractivity contribution in [3.05, 3.63) is 0 Å². The molecular formula is C27H45N5O5. The highest BCUT2D eigenvalue weighted by Gasteiger charge is 2.70. The molecule has 0 aromatic rings. The van der Waals surface area contributed by atoms with E-state index >= 15 is 0 Å². The van der Waals surface area contributed by atoms with Gasteiger partial charge in [-0.15, -0.1) is 0 Å². The summed E-state index contributed by atoms with van der Waals surface area (Å²) >= 11 is 0. The normalized spacial score (nSPS) is 38.6. The molecule has 208 valence electrons. The maximum atomic E-state index is 15.0. The first-order valence-corrected chi connectivity index (χ1v) is 11.4. The predicted octanol–water partition coefficient (Wildman–Crippen LogP) is 1.71. The lowest BCUT2D eigenvalue weighted by molar-refractivity contribution is -0.145. The van der Waals surface area contributed by atoms with Crippen LogP contribution in [0.3, 0.4) is 0 Å². The molecular weight excluding hydrogens is 474 g/mol. The van der Waals surface area contributed by atoms with Gasteiger partial charge < -0.3 is 26.6 Å². The number of hydrogen-bond acceptors (Lipinski definition) is 5. The van der Waals surface area contributed by atoms with Crippen molar-refractivity contribution in [3.63, 3.8) is 0 Å². The maximum Gasteiger partial charge on any atom is 0.315 e. The van der Waals surface area contributed by atoms with Crippen molar-refractivity contribution < 1.29 is 56.9 Å². The Labute approximate surface area is 253 Å². The standard InChI is InChI=1S/C27H45N5O5/c1-25(2,3)20(30-24(37)31-26(4,5)6)23(36)32-13-15-17(27(15,7)8)18(32)22(35)29-16(19(33)21(28)34)12-14-10-9-11-14/h14-18,20H,9-13H2,1-8H3,(H2,28,34)(H,29,35)(H2,30,31,37)/t15-,16-,17-,18-,20+/m0/s1/i1D3,2D3,3D3,4D3,5D3,6D3,7D3,8D3. The van der Waals surface area contributed by atoms with Gasteiger partial charge in [0, 0.05) is 45.0 Å². The number of fused-ring (bicyclic) bond motifs is 1. The van der Waals surface area contributed by atoms with Crippen LogP contribution >= 0.6 is 0 Å². The van der Waals surface area contributed by atoms with Gasteiger partial charge in [0.15, 0.2) is 0 Å². The van der Waals surface area contributed by atoms with Crippen LogP contribution < -0.4 is 21.7 Å². The zero-order valence-electron chi connectivity index (χ0n) is 43.6. The Balaban J connectivity index is 2.40. The largest absolute Gasteiger partial charge is 0.363 e. The van der Waals surface area contributed by atoms with Gasteiger partial charge in [0.2, 0.25) is 17.6 Å². The zero-order valence-corrected chi connectivity index (χ0v) is 19.6. The first-order chi connectivity index (χ1) is 26.8. The van der Waals surface area contributed by atoms with Crippen LogP contribution in [-0.4, -0.2) is 64.6 Å². The molecule has 0 aromatic heterocycles. The number of Topliss-reactive ketones (excluding diaryl/α,β-unsaturated/α-hetero) is 1. The van der Waals surface area contributed by atoms with Crippen LogP contribution in [0.2, 0.25) is 0 Å². The number of primary amides is 1. The number of nitrogens with zero attached hydrogens (tertiary/aromatic N) is 1. The van der Waals surface area contributed by atoms with E-state index < -0.39 is 137 Å². The second-order valence-electron chi connectivity index (χ2n) is 9.85. The highest BCUT2D eigenvalue weighted by molar-refractivity contribution is 6.37. The third-order valence-corrected chi connectivity index (χ3v) is 6.98. The lowest BCUT2D eigenvalue weighted by atomic mass is 9.80. The summed E-state index contributed by atoms with van der Waals surface area (Å²) in [5.41, 5.74) is -6.51. The molecule has 0 radical (unpaired) electrons.